The van der Waals surface area contributed by atoms with E-state index < -0.39 is 6.10 Å². The van der Waals surface area contributed by atoms with Crippen LogP contribution in [-0.2, 0) is 4.79 Å². The number of halogens is 1. The average molecular weight is 336 g/mol. The molecule has 23 heavy (non-hydrogen) atoms. The van der Waals surface area contributed by atoms with Gasteiger partial charge >= 0.3 is 0 Å². The molecule has 2 aliphatic carbocycles. The van der Waals surface area contributed by atoms with Crippen molar-refractivity contribution in [2.75, 3.05) is 6.54 Å². The number of nitrogens with two attached hydrogens (primary N) is 1. The van der Waals surface area contributed by atoms with Crippen LogP contribution in [0.4, 0.5) is 0 Å². The van der Waals surface area contributed by atoms with E-state index in [1.54, 1.807) is 0 Å². The summed E-state index contributed by atoms with van der Waals surface area (Å²) in [5.74, 6) is 1.83. The number of rotatable bonds is 7. The van der Waals surface area contributed by atoms with Gasteiger partial charge in [0.05, 0.1) is 13.0 Å². The normalized spacial score (nSPS) is 27.5. The van der Waals surface area contributed by atoms with E-state index in [1.807, 2.05) is 37.3 Å². The van der Waals surface area contributed by atoms with E-state index >= 15 is 0 Å². The molecule has 1 aromatic carbocycles. The Kier molecular flexibility index (Phi) is 6.40. The number of carbonyl (C=O) groups excluding carboxylic acids is 1. The second-order valence-electron chi connectivity index (χ2n) is 6.84. The molecule has 0 amide bonds. The van der Waals surface area contributed by atoms with E-state index in [4.69, 9.17) is 0 Å². The molecule has 2 bridgehead atoms. The molecule has 1 fully saturated rings. The molecule has 2 aliphatic rings. The molecule has 4 heteroatoms. The second kappa shape index (κ2) is 8.09. The number of benzene rings is 1. The van der Waals surface area contributed by atoms with Gasteiger partial charge in [0, 0.05) is 5.92 Å². The SMILES string of the molecule is CC([NH2+]CCC(=O)C1CC2C=CC1C2)C(O)c1ccccc1.[Cl-]. The zero-order valence-electron chi connectivity index (χ0n) is 13.6. The van der Waals surface area contributed by atoms with Gasteiger partial charge < -0.3 is 22.8 Å². The van der Waals surface area contributed by atoms with Crippen LogP contribution in [0.1, 0.15) is 37.9 Å². The molecule has 0 spiro atoms. The Morgan fingerprint density at radius 2 is 2.00 bits per heavy atom. The van der Waals surface area contributed by atoms with Crippen molar-refractivity contribution in [3.63, 3.8) is 0 Å². The van der Waals surface area contributed by atoms with Gasteiger partial charge in [0.25, 0.3) is 0 Å². The highest BCUT2D eigenvalue weighted by atomic mass is 35.5. The summed E-state index contributed by atoms with van der Waals surface area (Å²) in [6.45, 7) is 2.78. The summed E-state index contributed by atoms with van der Waals surface area (Å²) in [5.41, 5.74) is 0.941. The van der Waals surface area contributed by atoms with Gasteiger partial charge in [-0.05, 0) is 37.2 Å². The Bertz CT molecular complexity index is 546. The van der Waals surface area contributed by atoms with Crippen LogP contribution < -0.4 is 17.7 Å². The molecule has 0 aromatic heterocycles. The highest BCUT2D eigenvalue weighted by Crippen LogP contribution is 2.44. The minimum atomic E-state index is -0.485. The van der Waals surface area contributed by atoms with Gasteiger partial charge in [0.15, 0.2) is 0 Å². The topological polar surface area (TPSA) is 53.9 Å². The maximum absolute atomic E-state index is 12.3. The van der Waals surface area contributed by atoms with Crippen LogP contribution in [0.25, 0.3) is 0 Å². The van der Waals surface area contributed by atoms with E-state index in [2.05, 4.69) is 17.5 Å². The summed E-state index contributed by atoms with van der Waals surface area (Å²) in [7, 11) is 0. The minimum Gasteiger partial charge on any atom is -1.00 e. The molecular weight excluding hydrogens is 310 g/mol. The van der Waals surface area contributed by atoms with E-state index in [0.717, 1.165) is 18.5 Å². The maximum atomic E-state index is 12.3. The standard InChI is InChI=1S/C19H25NO2.ClH/c1-13(19(22)15-5-3-2-4-6-15)20-10-9-18(21)17-12-14-7-8-16(17)11-14;/h2-8,13-14,16-17,19-20,22H,9-12H2,1H3;1H. The third kappa shape index (κ3) is 4.23. The van der Waals surface area contributed by atoms with Crippen molar-refractivity contribution in [1.29, 1.82) is 0 Å². The molecule has 3 nitrogen and oxygen atoms in total. The molecule has 1 saturated carbocycles. The van der Waals surface area contributed by atoms with E-state index in [-0.39, 0.29) is 24.4 Å². The first-order chi connectivity index (χ1) is 10.6. The molecule has 3 N–H and O–H groups in total. The molecule has 3 rings (SSSR count). The number of quaternary nitrogens is 1. The lowest BCUT2D eigenvalue weighted by Crippen LogP contribution is -3.00. The Labute approximate surface area is 144 Å². The largest absolute Gasteiger partial charge is 1.00 e. The van der Waals surface area contributed by atoms with Gasteiger partial charge in [-0.1, -0.05) is 42.5 Å². The molecule has 0 radical (unpaired) electrons. The third-order valence-electron chi connectivity index (χ3n) is 5.26. The number of allylic oxidation sites excluding steroid dienone is 2. The van der Waals surface area contributed by atoms with Gasteiger partial charge in [-0.25, -0.2) is 0 Å². The third-order valence-corrected chi connectivity index (χ3v) is 5.26. The summed E-state index contributed by atoms with van der Waals surface area (Å²) < 4.78 is 0. The number of hydrogen-bond acceptors (Lipinski definition) is 2. The number of aliphatic hydroxyl groups excluding tert-OH is 1. The Hall–Kier alpha value is -1.16. The van der Waals surface area contributed by atoms with Crippen LogP contribution >= 0.6 is 0 Å². The molecule has 0 aliphatic heterocycles. The van der Waals surface area contributed by atoms with E-state index in [9.17, 15) is 9.90 Å². The van der Waals surface area contributed by atoms with Crippen molar-refractivity contribution in [2.45, 2.75) is 38.3 Å². The lowest BCUT2D eigenvalue weighted by atomic mass is 9.88. The highest BCUT2D eigenvalue weighted by molar-refractivity contribution is 5.82. The number of Topliss-reactive ketones (excluding diaryl/α,β-unsaturated/α-hetero) is 1. The number of hydrogen-bond donors (Lipinski definition) is 2. The molecule has 1 aromatic rings. The average Bonchev–Trinajstić information content (AvgIpc) is 3.17. The van der Waals surface area contributed by atoms with Crippen molar-refractivity contribution >= 4 is 5.78 Å². The van der Waals surface area contributed by atoms with Crippen LogP contribution in [0.2, 0.25) is 0 Å². The van der Waals surface area contributed by atoms with Crippen molar-refractivity contribution in [2.24, 2.45) is 17.8 Å². The number of aliphatic hydroxyl groups is 1. The number of carbonyl (C=O) groups is 1. The Morgan fingerprint density at radius 3 is 2.61 bits per heavy atom. The lowest BCUT2D eigenvalue weighted by molar-refractivity contribution is -0.693. The molecule has 0 saturated heterocycles. The van der Waals surface area contributed by atoms with Crippen LogP contribution in [0.15, 0.2) is 42.5 Å². The first kappa shape index (κ1) is 18.2. The van der Waals surface area contributed by atoms with Crippen molar-refractivity contribution in [3.05, 3.63) is 48.0 Å². The smallest absolute Gasteiger partial charge is 0.142 e. The Balaban J connectivity index is 0.00000192. The van der Waals surface area contributed by atoms with E-state index in [1.165, 1.54) is 6.42 Å². The molecule has 5 atom stereocenters. The fourth-order valence-electron chi connectivity index (χ4n) is 3.91. The first-order valence-electron chi connectivity index (χ1n) is 8.42. The number of fused-ring (bicyclic) bond motifs is 2. The lowest BCUT2D eigenvalue weighted by Gasteiger charge is -2.19. The summed E-state index contributed by atoms with van der Waals surface area (Å²) >= 11 is 0. The maximum Gasteiger partial charge on any atom is 0.142 e. The van der Waals surface area contributed by atoms with Gasteiger partial charge in [0.2, 0.25) is 0 Å². The van der Waals surface area contributed by atoms with Gasteiger partial charge in [-0.2, -0.15) is 0 Å². The second-order valence-corrected chi connectivity index (χ2v) is 6.84. The fraction of sp³-hybridized carbons (Fsp3) is 0.526. The van der Waals surface area contributed by atoms with Crippen LogP contribution in [-0.4, -0.2) is 23.5 Å². The summed E-state index contributed by atoms with van der Waals surface area (Å²) in [5, 5.41) is 12.4. The predicted molar refractivity (Wildman–Crippen MR) is 86.1 cm³/mol. The van der Waals surface area contributed by atoms with Gasteiger partial charge in [-0.15, -0.1) is 0 Å². The minimum absolute atomic E-state index is 0. The monoisotopic (exact) mass is 335 g/mol. The highest BCUT2D eigenvalue weighted by Gasteiger charge is 2.39. The molecular formula is C19H26ClNO2. The zero-order valence-corrected chi connectivity index (χ0v) is 14.3. The van der Waals surface area contributed by atoms with Crippen molar-refractivity contribution in [1.82, 2.24) is 0 Å². The summed E-state index contributed by atoms with van der Waals surface area (Å²) in [6, 6.07) is 9.79. The van der Waals surface area contributed by atoms with Gasteiger partial charge in [-0.3, -0.25) is 4.79 Å². The van der Waals surface area contributed by atoms with Crippen molar-refractivity contribution in [3.8, 4) is 0 Å². The fourth-order valence-corrected chi connectivity index (χ4v) is 3.91. The van der Waals surface area contributed by atoms with Crippen LogP contribution in [0.3, 0.4) is 0 Å². The van der Waals surface area contributed by atoms with Crippen LogP contribution in [0.5, 0.6) is 0 Å². The Morgan fingerprint density at radius 1 is 1.26 bits per heavy atom. The molecule has 5 unspecified atom stereocenters. The zero-order chi connectivity index (χ0) is 15.5. The summed E-state index contributed by atoms with van der Waals surface area (Å²) in [4.78, 5) is 12.3. The quantitative estimate of drug-likeness (QED) is 0.618. The van der Waals surface area contributed by atoms with Gasteiger partial charge in [0.1, 0.15) is 17.9 Å². The molecule has 0 heterocycles. The first-order valence-corrected chi connectivity index (χ1v) is 8.42. The molecule has 126 valence electrons. The number of ketones is 1. The summed E-state index contributed by atoms with van der Waals surface area (Å²) in [6.07, 6.45) is 6.89. The van der Waals surface area contributed by atoms with Crippen molar-refractivity contribution < 1.29 is 27.6 Å². The predicted octanol–water partition coefficient (Wildman–Crippen LogP) is -1.15. The van der Waals surface area contributed by atoms with E-state index in [0.29, 0.717) is 24.0 Å². The van der Waals surface area contributed by atoms with Crippen LogP contribution in [0, 0.1) is 17.8 Å².